The number of aliphatic hydroxyl groups is 1. The van der Waals surface area contributed by atoms with Crippen LogP contribution in [0.25, 0.3) is 0 Å². The van der Waals surface area contributed by atoms with E-state index < -0.39 is 12.1 Å². The number of hydrogen-bond donors (Lipinski definition) is 3. The van der Waals surface area contributed by atoms with E-state index in [-0.39, 0.29) is 5.75 Å². The van der Waals surface area contributed by atoms with Crippen LogP contribution in [0.1, 0.15) is 18.5 Å². The van der Waals surface area contributed by atoms with Crippen molar-refractivity contribution in [2.75, 3.05) is 0 Å². The SMILES string of the molecule is C[C@H](O)[C@H](N)c1cc(Br)c(O)c(Br)c1. The first-order valence-corrected chi connectivity index (χ1v) is 5.63. The Morgan fingerprint density at radius 3 is 2.07 bits per heavy atom. The van der Waals surface area contributed by atoms with Gasteiger partial charge < -0.3 is 15.9 Å². The second kappa shape index (κ2) is 4.61. The molecule has 0 saturated carbocycles. The van der Waals surface area contributed by atoms with Crippen LogP contribution in [0.15, 0.2) is 21.1 Å². The van der Waals surface area contributed by atoms with Gasteiger partial charge in [-0.05, 0) is 56.5 Å². The highest BCUT2D eigenvalue weighted by molar-refractivity contribution is 9.11. The van der Waals surface area contributed by atoms with Crippen molar-refractivity contribution < 1.29 is 10.2 Å². The number of phenols is 1. The molecule has 78 valence electrons. The lowest BCUT2D eigenvalue weighted by Crippen LogP contribution is -2.23. The molecule has 5 heteroatoms. The van der Waals surface area contributed by atoms with E-state index in [0.717, 1.165) is 5.56 Å². The average Bonchev–Trinajstić information content (AvgIpc) is 2.12. The molecule has 1 aromatic carbocycles. The summed E-state index contributed by atoms with van der Waals surface area (Å²) in [6.07, 6.45) is -0.627. The minimum atomic E-state index is -0.627. The minimum absolute atomic E-state index is 0.131. The molecule has 0 aromatic heterocycles. The Hall–Kier alpha value is -0.100. The van der Waals surface area contributed by atoms with Gasteiger partial charge in [0.1, 0.15) is 5.75 Å². The Kier molecular flexibility index (Phi) is 3.94. The molecular formula is C9H11Br2NO2. The molecule has 0 spiro atoms. The van der Waals surface area contributed by atoms with Crippen molar-refractivity contribution in [2.24, 2.45) is 5.73 Å². The molecule has 3 nitrogen and oxygen atoms in total. The lowest BCUT2D eigenvalue weighted by molar-refractivity contribution is 0.164. The van der Waals surface area contributed by atoms with E-state index in [1.165, 1.54) is 0 Å². The van der Waals surface area contributed by atoms with Gasteiger partial charge in [0.2, 0.25) is 0 Å². The van der Waals surface area contributed by atoms with Gasteiger partial charge in [-0.15, -0.1) is 0 Å². The summed E-state index contributed by atoms with van der Waals surface area (Å²) in [6, 6.07) is 2.93. The number of nitrogens with two attached hydrogens (primary N) is 1. The maximum Gasteiger partial charge on any atom is 0.143 e. The number of halogens is 2. The normalized spacial score (nSPS) is 15.2. The van der Waals surface area contributed by atoms with E-state index in [9.17, 15) is 10.2 Å². The Labute approximate surface area is 99.2 Å². The monoisotopic (exact) mass is 323 g/mol. The Balaban J connectivity index is 3.12. The van der Waals surface area contributed by atoms with Crippen LogP contribution in [-0.2, 0) is 0 Å². The lowest BCUT2D eigenvalue weighted by atomic mass is 10.0. The first kappa shape index (κ1) is 12.0. The van der Waals surface area contributed by atoms with Crippen LogP contribution >= 0.6 is 31.9 Å². The summed E-state index contributed by atoms with van der Waals surface area (Å²) in [5, 5.41) is 18.8. The van der Waals surface area contributed by atoms with E-state index in [0.29, 0.717) is 8.95 Å². The molecule has 14 heavy (non-hydrogen) atoms. The van der Waals surface area contributed by atoms with Crippen molar-refractivity contribution in [3.63, 3.8) is 0 Å². The largest absolute Gasteiger partial charge is 0.506 e. The van der Waals surface area contributed by atoms with Crippen molar-refractivity contribution in [1.29, 1.82) is 0 Å². The minimum Gasteiger partial charge on any atom is -0.506 e. The van der Waals surface area contributed by atoms with Crippen molar-refractivity contribution in [2.45, 2.75) is 19.1 Å². The van der Waals surface area contributed by atoms with Crippen LogP contribution in [0.2, 0.25) is 0 Å². The average molecular weight is 325 g/mol. The molecule has 0 saturated heterocycles. The van der Waals surface area contributed by atoms with E-state index in [1.54, 1.807) is 19.1 Å². The molecule has 0 bridgehead atoms. The molecule has 0 aliphatic rings. The molecule has 0 aliphatic heterocycles. The highest BCUT2D eigenvalue weighted by atomic mass is 79.9. The van der Waals surface area contributed by atoms with Crippen molar-refractivity contribution in [3.8, 4) is 5.75 Å². The number of hydrogen-bond acceptors (Lipinski definition) is 3. The van der Waals surface area contributed by atoms with Crippen LogP contribution in [0.3, 0.4) is 0 Å². The van der Waals surface area contributed by atoms with Crippen LogP contribution in [0.4, 0.5) is 0 Å². The quantitative estimate of drug-likeness (QED) is 0.782. The Bertz CT molecular complexity index is 319. The van der Waals surface area contributed by atoms with Gasteiger partial charge in [0.05, 0.1) is 21.1 Å². The van der Waals surface area contributed by atoms with Gasteiger partial charge >= 0.3 is 0 Å². The summed E-state index contributed by atoms with van der Waals surface area (Å²) in [5.41, 5.74) is 6.51. The third-order valence-corrected chi connectivity index (χ3v) is 3.15. The zero-order valence-electron chi connectivity index (χ0n) is 7.54. The van der Waals surface area contributed by atoms with E-state index in [1.807, 2.05) is 0 Å². The molecule has 0 fully saturated rings. The van der Waals surface area contributed by atoms with Gasteiger partial charge in [0.15, 0.2) is 0 Å². The third kappa shape index (κ3) is 2.48. The summed E-state index contributed by atoms with van der Waals surface area (Å²) >= 11 is 6.39. The summed E-state index contributed by atoms with van der Waals surface area (Å²) in [6.45, 7) is 1.62. The molecule has 0 aliphatic carbocycles. The summed E-state index contributed by atoms with van der Waals surface area (Å²) in [4.78, 5) is 0. The molecule has 0 heterocycles. The van der Waals surface area contributed by atoms with Crippen LogP contribution in [0, 0.1) is 0 Å². The van der Waals surface area contributed by atoms with Crippen molar-refractivity contribution >= 4 is 31.9 Å². The second-order valence-electron chi connectivity index (χ2n) is 3.10. The first-order valence-electron chi connectivity index (χ1n) is 4.05. The van der Waals surface area contributed by atoms with Crippen molar-refractivity contribution in [1.82, 2.24) is 0 Å². The summed E-state index contributed by atoms with van der Waals surface area (Å²) in [5.74, 6) is 0.131. The molecule has 1 aromatic rings. The van der Waals surface area contributed by atoms with E-state index in [2.05, 4.69) is 31.9 Å². The fourth-order valence-electron chi connectivity index (χ4n) is 1.06. The fourth-order valence-corrected chi connectivity index (χ4v) is 2.28. The van der Waals surface area contributed by atoms with Crippen LogP contribution in [-0.4, -0.2) is 16.3 Å². The van der Waals surface area contributed by atoms with Gasteiger partial charge in [-0.1, -0.05) is 0 Å². The predicted molar refractivity (Wildman–Crippen MR) is 62.1 cm³/mol. The number of aliphatic hydroxyl groups excluding tert-OH is 1. The zero-order chi connectivity index (χ0) is 10.9. The summed E-state index contributed by atoms with van der Waals surface area (Å²) < 4.78 is 1.11. The number of benzene rings is 1. The maximum atomic E-state index is 9.45. The second-order valence-corrected chi connectivity index (χ2v) is 4.81. The van der Waals surface area contributed by atoms with Crippen LogP contribution in [0.5, 0.6) is 5.75 Å². The number of rotatable bonds is 2. The number of phenolic OH excluding ortho intramolecular Hbond substituents is 1. The van der Waals surface area contributed by atoms with Gasteiger partial charge in [-0.25, -0.2) is 0 Å². The fraction of sp³-hybridized carbons (Fsp3) is 0.333. The van der Waals surface area contributed by atoms with E-state index in [4.69, 9.17) is 5.73 Å². The highest BCUT2D eigenvalue weighted by Crippen LogP contribution is 2.35. The molecular weight excluding hydrogens is 314 g/mol. The van der Waals surface area contributed by atoms with Gasteiger partial charge in [0.25, 0.3) is 0 Å². The van der Waals surface area contributed by atoms with Crippen molar-refractivity contribution in [3.05, 3.63) is 26.6 Å². The zero-order valence-corrected chi connectivity index (χ0v) is 10.7. The third-order valence-electron chi connectivity index (χ3n) is 1.94. The molecule has 4 N–H and O–H groups in total. The Morgan fingerprint density at radius 1 is 1.29 bits per heavy atom. The Morgan fingerprint density at radius 2 is 1.71 bits per heavy atom. The maximum absolute atomic E-state index is 9.45. The molecule has 1 rings (SSSR count). The lowest BCUT2D eigenvalue weighted by Gasteiger charge is -2.16. The topological polar surface area (TPSA) is 66.5 Å². The van der Waals surface area contributed by atoms with Gasteiger partial charge in [0, 0.05) is 0 Å². The van der Waals surface area contributed by atoms with Crippen LogP contribution < -0.4 is 5.73 Å². The summed E-state index contributed by atoms with van der Waals surface area (Å²) in [7, 11) is 0. The molecule has 0 amide bonds. The van der Waals surface area contributed by atoms with Gasteiger partial charge in [-0.3, -0.25) is 0 Å². The standard InChI is InChI=1S/C9H11Br2NO2/c1-4(13)8(12)5-2-6(10)9(14)7(11)3-5/h2-4,8,13-14H,12H2,1H3/t4-,8-/m0/s1. The number of aromatic hydroxyl groups is 1. The molecule has 2 atom stereocenters. The van der Waals surface area contributed by atoms with E-state index >= 15 is 0 Å². The first-order chi connectivity index (χ1) is 6.43. The van der Waals surface area contributed by atoms with Gasteiger partial charge in [-0.2, -0.15) is 0 Å². The smallest absolute Gasteiger partial charge is 0.143 e. The predicted octanol–water partition coefficient (Wildman–Crippen LogP) is 2.30. The molecule has 0 unspecified atom stereocenters. The highest BCUT2D eigenvalue weighted by Gasteiger charge is 2.15. The molecule has 0 radical (unpaired) electrons.